The standard InChI is InChI=1S/C18H29ClN2/c1-18(2,3)20-12-15-9-10-17(16(19)11-15)21(4)13-14-7-5-6-8-14/h9-11,14,20H,5-8,12-13H2,1-4H3. The lowest BCUT2D eigenvalue weighted by Crippen LogP contribution is -2.35. The zero-order valence-corrected chi connectivity index (χ0v) is 14.6. The molecule has 118 valence electrons. The molecule has 0 bridgehead atoms. The summed E-state index contributed by atoms with van der Waals surface area (Å²) < 4.78 is 0. The normalized spacial score (nSPS) is 16.4. The molecule has 0 atom stereocenters. The highest BCUT2D eigenvalue weighted by atomic mass is 35.5. The van der Waals surface area contributed by atoms with Crippen LogP contribution in [-0.2, 0) is 6.54 Å². The van der Waals surface area contributed by atoms with Gasteiger partial charge in [0.05, 0.1) is 10.7 Å². The molecule has 1 fully saturated rings. The monoisotopic (exact) mass is 308 g/mol. The zero-order chi connectivity index (χ0) is 15.5. The van der Waals surface area contributed by atoms with Crippen molar-refractivity contribution in [3.63, 3.8) is 0 Å². The van der Waals surface area contributed by atoms with Crippen molar-refractivity contribution < 1.29 is 0 Å². The van der Waals surface area contributed by atoms with Gasteiger partial charge in [0.15, 0.2) is 0 Å². The molecule has 1 saturated carbocycles. The summed E-state index contributed by atoms with van der Waals surface area (Å²) in [7, 11) is 2.16. The highest BCUT2D eigenvalue weighted by Gasteiger charge is 2.18. The number of nitrogens with one attached hydrogen (secondary N) is 1. The van der Waals surface area contributed by atoms with Gasteiger partial charge in [-0.05, 0) is 57.2 Å². The van der Waals surface area contributed by atoms with E-state index in [0.29, 0.717) is 0 Å². The van der Waals surface area contributed by atoms with Gasteiger partial charge in [0.1, 0.15) is 0 Å². The maximum Gasteiger partial charge on any atom is 0.0642 e. The minimum absolute atomic E-state index is 0.129. The predicted molar refractivity (Wildman–Crippen MR) is 93.3 cm³/mol. The maximum absolute atomic E-state index is 6.49. The Bertz CT molecular complexity index is 459. The third-order valence-corrected chi connectivity index (χ3v) is 4.56. The summed E-state index contributed by atoms with van der Waals surface area (Å²) >= 11 is 6.49. The van der Waals surface area contributed by atoms with Gasteiger partial charge >= 0.3 is 0 Å². The molecular formula is C18H29ClN2. The van der Waals surface area contributed by atoms with Crippen LogP contribution in [-0.4, -0.2) is 19.1 Å². The summed E-state index contributed by atoms with van der Waals surface area (Å²) in [4.78, 5) is 2.32. The van der Waals surface area contributed by atoms with Gasteiger partial charge in [-0.1, -0.05) is 30.5 Å². The first kappa shape index (κ1) is 16.6. The number of halogens is 1. The van der Waals surface area contributed by atoms with Crippen molar-refractivity contribution in [2.75, 3.05) is 18.5 Å². The van der Waals surface area contributed by atoms with Gasteiger partial charge in [-0.15, -0.1) is 0 Å². The summed E-state index contributed by atoms with van der Waals surface area (Å²) in [5.74, 6) is 0.841. The van der Waals surface area contributed by atoms with Crippen LogP contribution in [0.25, 0.3) is 0 Å². The Morgan fingerprint density at radius 3 is 2.48 bits per heavy atom. The fraction of sp³-hybridized carbons (Fsp3) is 0.667. The van der Waals surface area contributed by atoms with E-state index in [-0.39, 0.29) is 5.54 Å². The van der Waals surface area contributed by atoms with Crippen LogP contribution in [0.3, 0.4) is 0 Å². The van der Waals surface area contributed by atoms with Crippen LogP contribution >= 0.6 is 11.6 Å². The third kappa shape index (κ3) is 5.19. The van der Waals surface area contributed by atoms with E-state index in [2.05, 4.69) is 56.2 Å². The minimum atomic E-state index is 0.129. The highest BCUT2D eigenvalue weighted by molar-refractivity contribution is 6.33. The van der Waals surface area contributed by atoms with E-state index in [4.69, 9.17) is 11.6 Å². The molecule has 0 aromatic heterocycles. The number of anilines is 1. The van der Waals surface area contributed by atoms with Gasteiger partial charge in [-0.2, -0.15) is 0 Å². The SMILES string of the molecule is CN(CC1CCCC1)c1ccc(CNC(C)(C)C)cc1Cl. The van der Waals surface area contributed by atoms with Gasteiger partial charge in [0.25, 0.3) is 0 Å². The van der Waals surface area contributed by atoms with Crippen LogP contribution in [0.4, 0.5) is 5.69 Å². The molecule has 0 saturated heterocycles. The lowest BCUT2D eigenvalue weighted by atomic mass is 10.1. The van der Waals surface area contributed by atoms with Crippen molar-refractivity contribution in [2.24, 2.45) is 5.92 Å². The zero-order valence-electron chi connectivity index (χ0n) is 13.9. The van der Waals surface area contributed by atoms with Crippen LogP contribution < -0.4 is 10.2 Å². The second kappa shape index (κ2) is 7.02. The van der Waals surface area contributed by atoms with E-state index in [1.165, 1.54) is 31.2 Å². The average molecular weight is 309 g/mol. The Kier molecular flexibility index (Phi) is 5.56. The molecule has 1 aliphatic rings. The molecule has 1 aliphatic carbocycles. The summed E-state index contributed by atoms with van der Waals surface area (Å²) in [6.07, 6.45) is 5.53. The van der Waals surface area contributed by atoms with Crippen molar-refractivity contribution in [1.29, 1.82) is 0 Å². The number of hydrogen-bond donors (Lipinski definition) is 1. The molecule has 3 heteroatoms. The molecule has 1 aromatic carbocycles. The average Bonchev–Trinajstić information content (AvgIpc) is 2.88. The Labute approximate surface area is 134 Å². The van der Waals surface area contributed by atoms with E-state index in [0.717, 1.165) is 29.7 Å². The van der Waals surface area contributed by atoms with Gasteiger partial charge < -0.3 is 10.2 Å². The maximum atomic E-state index is 6.49. The second-order valence-electron chi connectivity index (χ2n) is 7.42. The molecular weight excluding hydrogens is 280 g/mol. The molecule has 0 heterocycles. The van der Waals surface area contributed by atoms with Crippen molar-refractivity contribution in [1.82, 2.24) is 5.32 Å². The van der Waals surface area contributed by atoms with Gasteiger partial charge in [0.2, 0.25) is 0 Å². The molecule has 1 aromatic rings. The van der Waals surface area contributed by atoms with Crippen molar-refractivity contribution >= 4 is 17.3 Å². The summed E-state index contributed by atoms with van der Waals surface area (Å²) in [6.45, 7) is 8.52. The first-order valence-corrected chi connectivity index (χ1v) is 8.47. The summed E-state index contributed by atoms with van der Waals surface area (Å²) in [5, 5.41) is 4.37. The van der Waals surface area contributed by atoms with Gasteiger partial charge in [0, 0.05) is 25.7 Å². The predicted octanol–water partition coefficient (Wildman–Crippen LogP) is 4.85. The first-order chi connectivity index (χ1) is 9.85. The topological polar surface area (TPSA) is 15.3 Å². The molecule has 21 heavy (non-hydrogen) atoms. The van der Waals surface area contributed by atoms with Crippen molar-refractivity contribution in [2.45, 2.75) is 58.5 Å². The van der Waals surface area contributed by atoms with Crippen LogP contribution in [0.15, 0.2) is 18.2 Å². The molecule has 0 unspecified atom stereocenters. The largest absolute Gasteiger partial charge is 0.373 e. The molecule has 0 radical (unpaired) electrons. The highest BCUT2D eigenvalue weighted by Crippen LogP contribution is 2.30. The third-order valence-electron chi connectivity index (χ3n) is 4.25. The molecule has 2 rings (SSSR count). The lowest BCUT2D eigenvalue weighted by Gasteiger charge is -2.25. The van der Waals surface area contributed by atoms with E-state index in [1.54, 1.807) is 0 Å². The number of hydrogen-bond acceptors (Lipinski definition) is 2. The minimum Gasteiger partial charge on any atom is -0.373 e. The Balaban J connectivity index is 1.97. The van der Waals surface area contributed by atoms with Crippen LogP contribution in [0.5, 0.6) is 0 Å². The van der Waals surface area contributed by atoms with E-state index >= 15 is 0 Å². The number of nitrogens with zero attached hydrogens (tertiary/aromatic N) is 1. The Hall–Kier alpha value is -0.730. The Morgan fingerprint density at radius 1 is 1.24 bits per heavy atom. The van der Waals surface area contributed by atoms with E-state index in [1.807, 2.05) is 0 Å². The smallest absolute Gasteiger partial charge is 0.0642 e. The molecule has 1 N–H and O–H groups in total. The number of rotatable bonds is 5. The van der Waals surface area contributed by atoms with Crippen LogP contribution in [0.1, 0.15) is 52.0 Å². The molecule has 0 amide bonds. The molecule has 2 nitrogen and oxygen atoms in total. The fourth-order valence-electron chi connectivity index (χ4n) is 3.02. The quantitative estimate of drug-likeness (QED) is 0.836. The number of benzene rings is 1. The van der Waals surface area contributed by atoms with E-state index < -0.39 is 0 Å². The Morgan fingerprint density at radius 2 is 1.90 bits per heavy atom. The van der Waals surface area contributed by atoms with Crippen molar-refractivity contribution in [3.8, 4) is 0 Å². The summed E-state index contributed by atoms with van der Waals surface area (Å²) in [5.41, 5.74) is 2.53. The van der Waals surface area contributed by atoms with Crippen molar-refractivity contribution in [3.05, 3.63) is 28.8 Å². The van der Waals surface area contributed by atoms with Gasteiger partial charge in [-0.3, -0.25) is 0 Å². The molecule has 0 aliphatic heterocycles. The fourth-order valence-corrected chi connectivity index (χ4v) is 3.36. The molecule has 0 spiro atoms. The van der Waals surface area contributed by atoms with E-state index in [9.17, 15) is 0 Å². The van der Waals surface area contributed by atoms with Gasteiger partial charge in [-0.25, -0.2) is 0 Å². The second-order valence-corrected chi connectivity index (χ2v) is 7.83. The lowest BCUT2D eigenvalue weighted by molar-refractivity contribution is 0.424. The first-order valence-electron chi connectivity index (χ1n) is 8.10. The van der Waals surface area contributed by atoms with Crippen LogP contribution in [0.2, 0.25) is 5.02 Å². The van der Waals surface area contributed by atoms with Crippen LogP contribution in [0, 0.1) is 5.92 Å². The summed E-state index contributed by atoms with van der Waals surface area (Å²) in [6, 6.07) is 6.45.